The number of halogens is 2. The maximum atomic E-state index is 13.0. The first-order valence-electron chi connectivity index (χ1n) is 9.52. The number of benzene rings is 2. The molecule has 1 heterocycles. The number of carbonyl (C=O) groups is 1. The van der Waals surface area contributed by atoms with Crippen LogP contribution >= 0.6 is 23.2 Å². The molecule has 1 amide bonds. The van der Waals surface area contributed by atoms with E-state index in [-0.39, 0.29) is 5.91 Å². The number of nitrogens with zero attached hydrogens (tertiary/aromatic N) is 2. The number of fused-ring (bicyclic) bond motifs is 5. The van der Waals surface area contributed by atoms with Crippen LogP contribution in [0.4, 0.5) is 0 Å². The predicted octanol–water partition coefficient (Wildman–Crippen LogP) is 5.47. The second-order valence-corrected chi connectivity index (χ2v) is 8.37. The number of amides is 1. The highest BCUT2D eigenvalue weighted by atomic mass is 35.5. The maximum Gasteiger partial charge on any atom is 0.272 e. The van der Waals surface area contributed by atoms with Crippen molar-refractivity contribution in [2.45, 2.75) is 37.6 Å². The van der Waals surface area contributed by atoms with Crippen LogP contribution in [-0.2, 0) is 6.54 Å². The van der Waals surface area contributed by atoms with Crippen molar-refractivity contribution in [3.63, 3.8) is 0 Å². The summed E-state index contributed by atoms with van der Waals surface area (Å²) in [6.45, 7) is 0.483. The molecule has 0 spiro atoms. The third kappa shape index (κ3) is 2.92. The lowest BCUT2D eigenvalue weighted by molar-refractivity contribution is 0.0944. The molecule has 3 aromatic rings. The highest BCUT2D eigenvalue weighted by molar-refractivity contribution is 6.35. The Morgan fingerprint density at radius 3 is 2.68 bits per heavy atom. The van der Waals surface area contributed by atoms with Crippen molar-refractivity contribution in [1.82, 2.24) is 15.1 Å². The first kappa shape index (κ1) is 17.8. The summed E-state index contributed by atoms with van der Waals surface area (Å²) >= 11 is 12.5. The van der Waals surface area contributed by atoms with Crippen molar-refractivity contribution in [2.24, 2.45) is 0 Å². The van der Waals surface area contributed by atoms with E-state index in [9.17, 15) is 4.79 Å². The van der Waals surface area contributed by atoms with Crippen molar-refractivity contribution in [2.75, 3.05) is 0 Å². The fourth-order valence-corrected chi connectivity index (χ4v) is 5.09. The van der Waals surface area contributed by atoms with Gasteiger partial charge in [0.2, 0.25) is 0 Å². The Morgan fingerprint density at radius 2 is 1.89 bits per heavy atom. The van der Waals surface area contributed by atoms with E-state index >= 15 is 0 Å². The Kier molecular flexibility index (Phi) is 4.41. The highest BCUT2D eigenvalue weighted by Crippen LogP contribution is 2.54. The van der Waals surface area contributed by atoms with Crippen LogP contribution in [0.25, 0.3) is 5.69 Å². The first-order valence-corrected chi connectivity index (χ1v) is 10.3. The number of hydrogen-bond donors (Lipinski definition) is 1. The lowest BCUT2D eigenvalue weighted by atomic mass is 9.95. The molecule has 0 radical (unpaired) electrons. The van der Waals surface area contributed by atoms with Gasteiger partial charge in [0.25, 0.3) is 5.91 Å². The monoisotopic (exact) mass is 411 g/mol. The minimum Gasteiger partial charge on any atom is -0.347 e. The summed E-state index contributed by atoms with van der Waals surface area (Å²) in [5.41, 5.74) is 4.62. The summed E-state index contributed by atoms with van der Waals surface area (Å²) in [6.07, 6.45) is 3.35. The van der Waals surface area contributed by atoms with Gasteiger partial charge in [-0.05, 0) is 48.9 Å². The number of carbonyl (C=O) groups excluding carboxylic acids is 1. The van der Waals surface area contributed by atoms with E-state index in [1.165, 1.54) is 0 Å². The van der Waals surface area contributed by atoms with Gasteiger partial charge in [-0.1, -0.05) is 53.5 Å². The second kappa shape index (κ2) is 6.94. The van der Waals surface area contributed by atoms with E-state index in [0.717, 1.165) is 41.8 Å². The van der Waals surface area contributed by atoms with Crippen LogP contribution < -0.4 is 5.32 Å². The zero-order valence-electron chi connectivity index (χ0n) is 15.2. The molecule has 2 aliphatic carbocycles. The Labute approximate surface area is 173 Å². The van der Waals surface area contributed by atoms with Gasteiger partial charge in [-0.3, -0.25) is 4.79 Å². The third-order valence-corrected chi connectivity index (χ3v) is 6.37. The van der Waals surface area contributed by atoms with E-state index in [0.29, 0.717) is 34.1 Å². The standard InChI is InChI=1S/C22H19Cl2N3O/c23-16-8-9-18(17(24)11-16)27-21-15-7-6-14(10-15)19(21)20(26-27)22(28)25-12-13-4-2-1-3-5-13/h1-5,8-9,11,14-15H,6-7,10,12H2,(H,25,28)/t14-,15-/m0/s1. The van der Waals surface area contributed by atoms with Crippen molar-refractivity contribution in [1.29, 1.82) is 0 Å². The Morgan fingerprint density at radius 1 is 1.11 bits per heavy atom. The normalized spacial score (nSPS) is 19.6. The van der Waals surface area contributed by atoms with Crippen molar-refractivity contribution in [3.05, 3.63) is 81.1 Å². The zero-order chi connectivity index (χ0) is 19.3. The molecular formula is C22H19Cl2N3O. The van der Waals surface area contributed by atoms with E-state index in [4.69, 9.17) is 28.3 Å². The smallest absolute Gasteiger partial charge is 0.272 e. The van der Waals surface area contributed by atoms with Crippen molar-refractivity contribution in [3.8, 4) is 5.69 Å². The largest absolute Gasteiger partial charge is 0.347 e. The second-order valence-electron chi connectivity index (χ2n) is 7.53. The molecule has 2 bridgehead atoms. The van der Waals surface area contributed by atoms with E-state index in [2.05, 4.69) is 5.32 Å². The minimum atomic E-state index is -0.128. The van der Waals surface area contributed by atoms with Crippen LogP contribution in [0.3, 0.4) is 0 Å². The van der Waals surface area contributed by atoms with Crippen LogP contribution in [0.2, 0.25) is 10.0 Å². The average Bonchev–Trinajstić information content (AvgIpc) is 3.40. The molecule has 1 saturated carbocycles. The van der Waals surface area contributed by atoms with Gasteiger partial charge in [0.1, 0.15) is 0 Å². The van der Waals surface area contributed by atoms with Crippen LogP contribution in [0.15, 0.2) is 48.5 Å². The van der Waals surface area contributed by atoms with Gasteiger partial charge >= 0.3 is 0 Å². The molecular weight excluding hydrogens is 393 g/mol. The summed E-state index contributed by atoms with van der Waals surface area (Å²) in [5, 5.41) is 8.87. The first-order chi connectivity index (χ1) is 13.6. The zero-order valence-corrected chi connectivity index (χ0v) is 16.7. The molecule has 2 atom stereocenters. The van der Waals surface area contributed by atoms with Gasteiger partial charge in [0.15, 0.2) is 5.69 Å². The molecule has 0 aliphatic heterocycles. The van der Waals surface area contributed by atoms with Gasteiger partial charge in [-0.25, -0.2) is 4.68 Å². The Bertz CT molecular complexity index is 1060. The third-order valence-electron chi connectivity index (χ3n) is 5.84. The summed E-state index contributed by atoms with van der Waals surface area (Å²) in [6, 6.07) is 15.3. The van der Waals surface area contributed by atoms with Gasteiger partial charge < -0.3 is 5.32 Å². The number of nitrogens with one attached hydrogen (secondary N) is 1. The van der Waals surface area contributed by atoms with Crippen molar-refractivity contribution >= 4 is 29.1 Å². The molecule has 28 heavy (non-hydrogen) atoms. The van der Waals surface area contributed by atoms with Crippen LogP contribution in [0.1, 0.15) is 58.4 Å². The van der Waals surface area contributed by atoms with Crippen LogP contribution in [0, 0.1) is 0 Å². The van der Waals surface area contributed by atoms with Gasteiger partial charge in [-0.15, -0.1) is 0 Å². The summed E-state index contributed by atoms with van der Waals surface area (Å²) < 4.78 is 1.87. The molecule has 0 saturated heterocycles. The fourth-order valence-electron chi connectivity index (χ4n) is 4.60. The molecule has 6 heteroatoms. The molecule has 142 valence electrons. The highest BCUT2D eigenvalue weighted by Gasteiger charge is 2.44. The predicted molar refractivity (Wildman–Crippen MR) is 111 cm³/mol. The maximum absolute atomic E-state index is 13.0. The summed E-state index contributed by atoms with van der Waals surface area (Å²) in [4.78, 5) is 13.0. The fraction of sp³-hybridized carbons (Fsp3) is 0.273. The van der Waals surface area contributed by atoms with E-state index in [1.54, 1.807) is 12.1 Å². The lowest BCUT2D eigenvalue weighted by Gasteiger charge is -2.14. The molecule has 2 aromatic carbocycles. The minimum absolute atomic E-state index is 0.128. The molecule has 1 aromatic heterocycles. The summed E-state index contributed by atoms with van der Waals surface area (Å²) in [7, 11) is 0. The summed E-state index contributed by atoms with van der Waals surface area (Å²) in [5.74, 6) is 0.726. The van der Waals surface area contributed by atoms with Gasteiger partial charge in [0.05, 0.1) is 16.4 Å². The number of aromatic nitrogens is 2. The number of rotatable bonds is 4. The van der Waals surface area contributed by atoms with Crippen LogP contribution in [0.5, 0.6) is 0 Å². The molecule has 4 nitrogen and oxygen atoms in total. The van der Waals surface area contributed by atoms with E-state index < -0.39 is 0 Å². The van der Waals surface area contributed by atoms with Gasteiger partial charge in [0, 0.05) is 23.0 Å². The Hall–Kier alpha value is -2.30. The Balaban J connectivity index is 1.52. The average molecular weight is 412 g/mol. The number of hydrogen-bond acceptors (Lipinski definition) is 2. The SMILES string of the molecule is O=C(NCc1ccccc1)c1nn(-c2ccc(Cl)cc2Cl)c2c1[C@H]1CC[C@H]2C1. The molecule has 1 N–H and O–H groups in total. The van der Waals surface area contributed by atoms with Gasteiger partial charge in [-0.2, -0.15) is 5.10 Å². The molecule has 1 fully saturated rings. The van der Waals surface area contributed by atoms with Crippen molar-refractivity contribution < 1.29 is 4.79 Å². The quantitative estimate of drug-likeness (QED) is 0.618. The molecule has 5 rings (SSSR count). The van der Waals surface area contributed by atoms with Crippen LogP contribution in [-0.4, -0.2) is 15.7 Å². The molecule has 0 unspecified atom stereocenters. The van der Waals surface area contributed by atoms with E-state index in [1.807, 2.05) is 41.1 Å². The molecule has 2 aliphatic rings. The lowest BCUT2D eigenvalue weighted by Crippen LogP contribution is -2.24. The topological polar surface area (TPSA) is 46.9 Å².